The van der Waals surface area contributed by atoms with E-state index in [1.807, 2.05) is 36.4 Å². The third-order valence-electron chi connectivity index (χ3n) is 4.96. The van der Waals surface area contributed by atoms with Crippen LogP contribution in [0.1, 0.15) is 34.3 Å². The van der Waals surface area contributed by atoms with Crippen LogP contribution in [0.5, 0.6) is 0 Å². The summed E-state index contributed by atoms with van der Waals surface area (Å²) in [6.45, 7) is 0.201. The molecule has 1 atom stereocenters. The summed E-state index contributed by atoms with van der Waals surface area (Å²) in [4.78, 5) is 16.4. The highest BCUT2D eigenvalue weighted by Crippen LogP contribution is 2.34. The van der Waals surface area contributed by atoms with Gasteiger partial charge in [0.1, 0.15) is 5.60 Å². The van der Waals surface area contributed by atoms with Crippen molar-refractivity contribution < 1.29 is 14.3 Å². The molecule has 0 aliphatic heterocycles. The fourth-order valence-electron chi connectivity index (χ4n) is 3.55. The van der Waals surface area contributed by atoms with E-state index in [0.717, 1.165) is 29.5 Å². The van der Waals surface area contributed by atoms with Crippen LogP contribution in [0.25, 0.3) is 11.3 Å². The monoisotopic (exact) mass is 348 g/mol. The largest absolute Gasteiger partial charge is 0.444 e. The van der Waals surface area contributed by atoms with Crippen molar-refractivity contribution in [2.24, 2.45) is 0 Å². The quantitative estimate of drug-likeness (QED) is 0.759. The summed E-state index contributed by atoms with van der Waals surface area (Å²) in [6.07, 6.45) is 5.53. The van der Waals surface area contributed by atoms with Crippen molar-refractivity contribution in [2.45, 2.75) is 24.9 Å². The highest BCUT2D eigenvalue weighted by molar-refractivity contribution is 5.94. The van der Waals surface area contributed by atoms with Gasteiger partial charge in [0.15, 0.2) is 12.2 Å². The number of nitrogens with zero attached hydrogens (tertiary/aromatic N) is 1. The second-order valence-corrected chi connectivity index (χ2v) is 6.67. The molecule has 1 heterocycles. The molecule has 0 bridgehead atoms. The lowest BCUT2D eigenvalue weighted by Gasteiger charge is -2.34. The summed E-state index contributed by atoms with van der Waals surface area (Å²) in [5.41, 5.74) is 2.48. The zero-order valence-corrected chi connectivity index (χ0v) is 14.3. The van der Waals surface area contributed by atoms with E-state index in [1.54, 1.807) is 18.3 Å². The van der Waals surface area contributed by atoms with Gasteiger partial charge in [-0.05, 0) is 42.5 Å². The van der Waals surface area contributed by atoms with Gasteiger partial charge in [0, 0.05) is 11.1 Å². The molecule has 132 valence electrons. The van der Waals surface area contributed by atoms with Crippen molar-refractivity contribution in [1.82, 2.24) is 10.3 Å². The Morgan fingerprint density at radius 2 is 2.00 bits per heavy atom. The van der Waals surface area contributed by atoms with Crippen LogP contribution in [0.15, 0.2) is 65.5 Å². The van der Waals surface area contributed by atoms with Gasteiger partial charge in [-0.3, -0.25) is 4.79 Å². The molecule has 1 aliphatic rings. The van der Waals surface area contributed by atoms with Crippen molar-refractivity contribution >= 4 is 5.91 Å². The number of oxazole rings is 1. The van der Waals surface area contributed by atoms with Gasteiger partial charge < -0.3 is 14.8 Å². The molecule has 0 saturated heterocycles. The summed E-state index contributed by atoms with van der Waals surface area (Å²) in [5, 5.41) is 13.9. The van der Waals surface area contributed by atoms with Crippen LogP contribution < -0.4 is 5.32 Å². The van der Waals surface area contributed by atoms with Crippen LogP contribution in [0.3, 0.4) is 0 Å². The SMILES string of the molecule is O=C(NCC1(O)CCCc2ccccc21)c1ccc(-c2cnco2)cc1. The lowest BCUT2D eigenvalue weighted by molar-refractivity contribution is 0.0189. The van der Waals surface area contributed by atoms with Gasteiger partial charge in [0.05, 0.1) is 12.7 Å². The van der Waals surface area contributed by atoms with Crippen molar-refractivity contribution in [3.63, 3.8) is 0 Å². The van der Waals surface area contributed by atoms with Crippen molar-refractivity contribution in [2.75, 3.05) is 6.54 Å². The van der Waals surface area contributed by atoms with Crippen LogP contribution in [0, 0.1) is 0 Å². The molecule has 4 rings (SSSR count). The number of hydrogen-bond donors (Lipinski definition) is 2. The van der Waals surface area contributed by atoms with Gasteiger partial charge in [-0.15, -0.1) is 0 Å². The smallest absolute Gasteiger partial charge is 0.251 e. The molecule has 1 aromatic heterocycles. The zero-order chi connectivity index (χ0) is 18.0. The molecule has 0 radical (unpaired) electrons. The predicted octanol–water partition coefficient (Wildman–Crippen LogP) is 3.30. The third kappa shape index (κ3) is 3.13. The molecule has 0 spiro atoms. The van der Waals surface area contributed by atoms with E-state index in [0.29, 0.717) is 17.7 Å². The summed E-state index contributed by atoms with van der Waals surface area (Å²) < 4.78 is 5.25. The second kappa shape index (κ2) is 6.77. The Hall–Kier alpha value is -2.92. The van der Waals surface area contributed by atoms with Crippen LogP contribution >= 0.6 is 0 Å². The molecule has 0 fully saturated rings. The number of aryl methyl sites for hydroxylation is 1. The number of carbonyl (C=O) groups excluding carboxylic acids is 1. The van der Waals surface area contributed by atoms with Gasteiger partial charge in [-0.2, -0.15) is 0 Å². The fraction of sp³-hybridized carbons (Fsp3) is 0.238. The zero-order valence-electron chi connectivity index (χ0n) is 14.3. The number of amides is 1. The van der Waals surface area contributed by atoms with Crippen molar-refractivity contribution in [1.29, 1.82) is 0 Å². The lowest BCUT2D eigenvalue weighted by Crippen LogP contribution is -2.43. The van der Waals surface area contributed by atoms with Crippen LogP contribution in [-0.2, 0) is 12.0 Å². The Morgan fingerprint density at radius 3 is 2.77 bits per heavy atom. The van der Waals surface area contributed by atoms with E-state index < -0.39 is 5.60 Å². The summed E-state index contributed by atoms with van der Waals surface area (Å²) >= 11 is 0. The molecule has 1 amide bonds. The first-order valence-electron chi connectivity index (χ1n) is 8.74. The minimum Gasteiger partial charge on any atom is -0.444 e. The Balaban J connectivity index is 1.46. The standard InChI is InChI=1S/C21H20N2O3/c24-20(17-9-7-16(8-10-17)19-12-22-14-26-19)23-13-21(25)11-3-5-15-4-1-2-6-18(15)21/h1-2,4,6-10,12,14,25H,3,5,11,13H2,(H,23,24). The average Bonchev–Trinajstić information content (AvgIpc) is 3.22. The molecule has 1 unspecified atom stereocenters. The van der Waals surface area contributed by atoms with E-state index in [9.17, 15) is 9.90 Å². The Bertz CT molecular complexity index is 903. The number of aliphatic hydroxyl groups is 1. The molecule has 2 N–H and O–H groups in total. The number of fused-ring (bicyclic) bond motifs is 1. The van der Waals surface area contributed by atoms with E-state index in [1.165, 1.54) is 6.39 Å². The Morgan fingerprint density at radius 1 is 1.19 bits per heavy atom. The number of carbonyl (C=O) groups is 1. The minimum absolute atomic E-state index is 0.201. The van der Waals surface area contributed by atoms with E-state index in [-0.39, 0.29) is 12.5 Å². The van der Waals surface area contributed by atoms with Crippen molar-refractivity contribution in [3.8, 4) is 11.3 Å². The maximum absolute atomic E-state index is 12.5. The first kappa shape index (κ1) is 16.5. The Labute approximate surface area is 151 Å². The predicted molar refractivity (Wildman–Crippen MR) is 97.5 cm³/mol. The van der Waals surface area contributed by atoms with Gasteiger partial charge in [0.25, 0.3) is 5.91 Å². The number of rotatable bonds is 4. The number of hydrogen-bond acceptors (Lipinski definition) is 4. The molecule has 3 aromatic rings. The normalized spacial score (nSPS) is 19.0. The summed E-state index contributed by atoms with van der Waals surface area (Å²) in [5.74, 6) is 0.454. The molecule has 5 nitrogen and oxygen atoms in total. The highest BCUT2D eigenvalue weighted by Gasteiger charge is 2.34. The highest BCUT2D eigenvalue weighted by atomic mass is 16.3. The maximum Gasteiger partial charge on any atom is 0.251 e. The number of benzene rings is 2. The van der Waals surface area contributed by atoms with Gasteiger partial charge >= 0.3 is 0 Å². The summed E-state index contributed by atoms with van der Waals surface area (Å²) in [7, 11) is 0. The first-order valence-corrected chi connectivity index (χ1v) is 8.74. The van der Waals surface area contributed by atoms with Crippen LogP contribution in [0.4, 0.5) is 0 Å². The molecular weight excluding hydrogens is 328 g/mol. The van der Waals surface area contributed by atoms with E-state index in [2.05, 4.69) is 10.3 Å². The van der Waals surface area contributed by atoms with Crippen molar-refractivity contribution in [3.05, 3.63) is 77.8 Å². The lowest BCUT2D eigenvalue weighted by atomic mass is 9.79. The first-order chi connectivity index (χ1) is 12.7. The van der Waals surface area contributed by atoms with Gasteiger partial charge in [-0.25, -0.2) is 4.98 Å². The number of nitrogens with one attached hydrogen (secondary N) is 1. The van der Waals surface area contributed by atoms with E-state index >= 15 is 0 Å². The average molecular weight is 348 g/mol. The molecule has 2 aromatic carbocycles. The molecular formula is C21H20N2O3. The molecule has 1 aliphatic carbocycles. The van der Waals surface area contributed by atoms with Gasteiger partial charge in [-0.1, -0.05) is 36.4 Å². The second-order valence-electron chi connectivity index (χ2n) is 6.67. The fourth-order valence-corrected chi connectivity index (χ4v) is 3.55. The topological polar surface area (TPSA) is 75.4 Å². The van der Waals surface area contributed by atoms with Crippen LogP contribution in [-0.4, -0.2) is 22.5 Å². The van der Waals surface area contributed by atoms with Gasteiger partial charge in [0.2, 0.25) is 0 Å². The van der Waals surface area contributed by atoms with E-state index in [4.69, 9.17) is 4.42 Å². The summed E-state index contributed by atoms with van der Waals surface area (Å²) in [6, 6.07) is 15.0. The minimum atomic E-state index is -1.01. The van der Waals surface area contributed by atoms with Crippen LogP contribution in [0.2, 0.25) is 0 Å². The third-order valence-corrected chi connectivity index (χ3v) is 4.96. The Kier molecular flexibility index (Phi) is 4.31. The molecule has 0 saturated carbocycles. The maximum atomic E-state index is 12.5. The number of aromatic nitrogens is 1. The molecule has 5 heteroatoms. The molecule has 26 heavy (non-hydrogen) atoms.